The zero-order valence-electron chi connectivity index (χ0n) is 15.5. The lowest BCUT2D eigenvalue weighted by Crippen LogP contribution is -2.43. The van der Waals surface area contributed by atoms with Crippen molar-refractivity contribution >= 4 is 5.91 Å². The number of rotatable bonds is 3. The van der Waals surface area contributed by atoms with Gasteiger partial charge in [-0.2, -0.15) is 5.10 Å². The highest BCUT2D eigenvalue weighted by atomic mass is 16.5. The van der Waals surface area contributed by atoms with Crippen molar-refractivity contribution in [3.63, 3.8) is 0 Å². The van der Waals surface area contributed by atoms with Crippen molar-refractivity contribution in [2.45, 2.75) is 40.2 Å². The number of nitrogens with zero attached hydrogens (tertiary/aromatic N) is 5. The fourth-order valence-corrected chi connectivity index (χ4v) is 3.30. The Morgan fingerprint density at radius 2 is 2.04 bits per heavy atom. The molecule has 25 heavy (non-hydrogen) atoms. The van der Waals surface area contributed by atoms with Gasteiger partial charge in [-0.25, -0.2) is 9.97 Å². The van der Waals surface area contributed by atoms with E-state index in [-0.39, 0.29) is 12.0 Å². The Bertz CT molecular complexity index is 779. The molecule has 0 radical (unpaired) electrons. The molecule has 0 aliphatic carbocycles. The van der Waals surface area contributed by atoms with Crippen LogP contribution in [-0.4, -0.2) is 50.3 Å². The zero-order valence-corrected chi connectivity index (χ0v) is 15.5. The highest BCUT2D eigenvalue weighted by Crippen LogP contribution is 2.22. The Labute approximate surface area is 148 Å². The fraction of sp³-hybridized carbons (Fsp3) is 0.556. The Morgan fingerprint density at radius 3 is 2.68 bits per heavy atom. The second kappa shape index (κ2) is 6.92. The molecule has 1 atom stereocenters. The monoisotopic (exact) mass is 343 g/mol. The van der Waals surface area contributed by atoms with E-state index in [0.29, 0.717) is 26.1 Å². The third-order valence-electron chi connectivity index (χ3n) is 4.72. The molecule has 0 bridgehead atoms. The van der Waals surface area contributed by atoms with Gasteiger partial charge in [-0.1, -0.05) is 0 Å². The molecule has 1 saturated heterocycles. The number of carbonyl (C=O) groups excluding carboxylic acids is 1. The maximum atomic E-state index is 12.8. The zero-order chi connectivity index (χ0) is 18.1. The summed E-state index contributed by atoms with van der Waals surface area (Å²) < 4.78 is 7.68. The first kappa shape index (κ1) is 17.5. The van der Waals surface area contributed by atoms with Crippen molar-refractivity contribution in [1.82, 2.24) is 24.6 Å². The van der Waals surface area contributed by atoms with Crippen LogP contribution in [0.15, 0.2) is 6.07 Å². The molecule has 0 saturated carbocycles. The van der Waals surface area contributed by atoms with E-state index in [9.17, 15) is 4.79 Å². The van der Waals surface area contributed by atoms with Crippen molar-refractivity contribution in [3.05, 3.63) is 40.2 Å². The average molecular weight is 343 g/mol. The molecule has 1 fully saturated rings. The van der Waals surface area contributed by atoms with Gasteiger partial charge in [0.1, 0.15) is 11.9 Å². The molecule has 134 valence electrons. The van der Waals surface area contributed by atoms with E-state index in [0.717, 1.165) is 34.2 Å². The Balaban J connectivity index is 1.73. The smallest absolute Gasteiger partial charge is 0.227 e. The second-order valence-electron chi connectivity index (χ2n) is 6.63. The van der Waals surface area contributed by atoms with E-state index in [1.54, 1.807) is 0 Å². The van der Waals surface area contributed by atoms with Gasteiger partial charge in [-0.05, 0) is 33.8 Å². The van der Waals surface area contributed by atoms with E-state index >= 15 is 0 Å². The van der Waals surface area contributed by atoms with Crippen LogP contribution in [0.4, 0.5) is 0 Å². The molecule has 2 aromatic rings. The molecule has 2 aromatic heterocycles. The summed E-state index contributed by atoms with van der Waals surface area (Å²) >= 11 is 0. The topological polar surface area (TPSA) is 73.1 Å². The minimum Gasteiger partial charge on any atom is -0.368 e. The third-order valence-corrected chi connectivity index (χ3v) is 4.72. The van der Waals surface area contributed by atoms with Crippen molar-refractivity contribution in [2.75, 3.05) is 19.7 Å². The van der Waals surface area contributed by atoms with Crippen LogP contribution >= 0.6 is 0 Å². The largest absolute Gasteiger partial charge is 0.368 e. The number of hydrogen-bond acceptors (Lipinski definition) is 5. The van der Waals surface area contributed by atoms with Crippen LogP contribution in [0.3, 0.4) is 0 Å². The maximum absolute atomic E-state index is 12.8. The predicted molar refractivity (Wildman–Crippen MR) is 93.2 cm³/mol. The molecule has 0 spiro atoms. The van der Waals surface area contributed by atoms with E-state index in [2.05, 4.69) is 15.1 Å². The van der Waals surface area contributed by atoms with Gasteiger partial charge in [-0.15, -0.1) is 0 Å². The van der Waals surface area contributed by atoms with Crippen LogP contribution in [0.5, 0.6) is 0 Å². The molecule has 1 unspecified atom stereocenters. The summed E-state index contributed by atoms with van der Waals surface area (Å²) in [5, 5.41) is 4.40. The van der Waals surface area contributed by atoms with E-state index in [1.807, 2.05) is 50.4 Å². The van der Waals surface area contributed by atoms with E-state index in [1.165, 1.54) is 0 Å². The van der Waals surface area contributed by atoms with E-state index in [4.69, 9.17) is 4.74 Å². The molecule has 0 N–H and O–H groups in total. The molecule has 3 heterocycles. The second-order valence-corrected chi connectivity index (χ2v) is 6.63. The van der Waals surface area contributed by atoms with Crippen LogP contribution in [0.2, 0.25) is 0 Å². The van der Waals surface area contributed by atoms with Gasteiger partial charge in [-0.3, -0.25) is 9.48 Å². The highest BCUT2D eigenvalue weighted by molar-refractivity contribution is 5.79. The molecule has 1 aliphatic heterocycles. The number of ether oxygens (including phenoxy) is 1. The van der Waals surface area contributed by atoms with Gasteiger partial charge in [0.25, 0.3) is 0 Å². The van der Waals surface area contributed by atoms with Crippen molar-refractivity contribution in [3.8, 4) is 0 Å². The molecule has 0 aromatic carbocycles. The quantitative estimate of drug-likeness (QED) is 0.846. The first-order chi connectivity index (χ1) is 11.8. The average Bonchev–Trinajstić information content (AvgIpc) is 2.80. The van der Waals surface area contributed by atoms with Crippen molar-refractivity contribution < 1.29 is 9.53 Å². The number of aryl methyl sites for hydroxylation is 4. The minimum atomic E-state index is -0.200. The summed E-state index contributed by atoms with van der Waals surface area (Å²) in [6.07, 6.45) is 0.175. The Kier molecular flexibility index (Phi) is 4.85. The summed E-state index contributed by atoms with van der Waals surface area (Å²) in [6.45, 7) is 9.41. The molecule has 1 aliphatic rings. The van der Waals surface area contributed by atoms with Crippen LogP contribution < -0.4 is 0 Å². The van der Waals surface area contributed by atoms with E-state index < -0.39 is 0 Å². The summed E-state index contributed by atoms with van der Waals surface area (Å²) in [4.78, 5) is 23.4. The molecule has 7 heteroatoms. The summed E-state index contributed by atoms with van der Waals surface area (Å²) in [5.41, 5.74) is 4.73. The number of amides is 1. The van der Waals surface area contributed by atoms with Gasteiger partial charge in [0.15, 0.2) is 0 Å². The summed E-state index contributed by atoms with van der Waals surface area (Å²) in [5.74, 6) is 0.832. The standard InChI is InChI=1S/C18H25N5O2/c1-11-8-16(20-14(4)19-11)17-10-23(6-7-25-17)18(24)9-15-12(2)21-22(5)13(15)3/h8,17H,6-7,9-10H2,1-5H3. The SMILES string of the molecule is Cc1cc(C2CN(C(=O)Cc3c(C)nn(C)c3C)CCO2)nc(C)n1. The lowest BCUT2D eigenvalue weighted by molar-refractivity contribution is -0.138. The van der Waals surface area contributed by atoms with Gasteiger partial charge in [0, 0.05) is 30.5 Å². The fourth-order valence-electron chi connectivity index (χ4n) is 3.30. The molecular formula is C18H25N5O2. The van der Waals surface area contributed by atoms with Crippen LogP contribution in [0, 0.1) is 27.7 Å². The highest BCUT2D eigenvalue weighted by Gasteiger charge is 2.27. The van der Waals surface area contributed by atoms with Gasteiger partial charge in [0.05, 0.1) is 31.0 Å². The number of hydrogen-bond donors (Lipinski definition) is 0. The number of aromatic nitrogens is 4. The van der Waals surface area contributed by atoms with Crippen LogP contribution in [0.25, 0.3) is 0 Å². The number of morpholine rings is 1. The number of carbonyl (C=O) groups is 1. The van der Waals surface area contributed by atoms with Crippen LogP contribution in [0.1, 0.15) is 40.3 Å². The lowest BCUT2D eigenvalue weighted by atomic mass is 10.1. The summed E-state index contributed by atoms with van der Waals surface area (Å²) in [6, 6.07) is 1.93. The van der Waals surface area contributed by atoms with Gasteiger partial charge in [0.2, 0.25) is 5.91 Å². The molecule has 1 amide bonds. The van der Waals surface area contributed by atoms with Crippen molar-refractivity contribution in [2.24, 2.45) is 7.05 Å². The first-order valence-corrected chi connectivity index (χ1v) is 8.55. The Hall–Kier alpha value is -2.28. The van der Waals surface area contributed by atoms with Crippen LogP contribution in [-0.2, 0) is 23.0 Å². The molecule has 7 nitrogen and oxygen atoms in total. The lowest BCUT2D eigenvalue weighted by Gasteiger charge is -2.33. The minimum absolute atomic E-state index is 0.106. The predicted octanol–water partition coefficient (Wildman–Crippen LogP) is 1.59. The maximum Gasteiger partial charge on any atom is 0.227 e. The summed E-state index contributed by atoms with van der Waals surface area (Å²) in [7, 11) is 1.90. The molecular weight excluding hydrogens is 318 g/mol. The third kappa shape index (κ3) is 3.71. The first-order valence-electron chi connectivity index (χ1n) is 8.55. The Morgan fingerprint density at radius 1 is 1.28 bits per heavy atom. The van der Waals surface area contributed by atoms with Crippen molar-refractivity contribution in [1.29, 1.82) is 0 Å². The molecule has 3 rings (SSSR count). The normalized spacial score (nSPS) is 17.8. The van der Waals surface area contributed by atoms with Gasteiger partial charge < -0.3 is 9.64 Å². The van der Waals surface area contributed by atoms with Gasteiger partial charge >= 0.3 is 0 Å².